The second-order valence-corrected chi connectivity index (χ2v) is 7.41. The number of aryl methyl sites for hydroxylation is 2. The van der Waals surface area contributed by atoms with Gasteiger partial charge in [0.2, 0.25) is 0 Å². The summed E-state index contributed by atoms with van der Waals surface area (Å²) in [5, 5.41) is 11.1. The van der Waals surface area contributed by atoms with Crippen molar-refractivity contribution in [2.75, 3.05) is 11.5 Å². The lowest BCUT2D eigenvalue weighted by Gasteiger charge is -2.23. The van der Waals surface area contributed by atoms with Crippen molar-refractivity contribution in [2.24, 2.45) is 0 Å². The van der Waals surface area contributed by atoms with Gasteiger partial charge in [-0.2, -0.15) is 0 Å². The molecule has 1 atom stereocenters. The van der Waals surface area contributed by atoms with E-state index in [4.69, 9.17) is 9.15 Å². The van der Waals surface area contributed by atoms with Crippen molar-refractivity contribution in [3.05, 3.63) is 88.9 Å². The standard InChI is InChI=1S/C25H23NO5/c1-4-30-19-11-9-18(10-12-19)26-22(20-6-5-13-31-20)21(24(28)25(26)29)23(27)17-8-7-15(2)16(3)14-17/h5-14,22,27H,4H2,1-3H3/b23-21-. The molecule has 158 valence electrons. The van der Waals surface area contributed by atoms with E-state index in [1.54, 1.807) is 48.5 Å². The van der Waals surface area contributed by atoms with E-state index in [2.05, 4.69) is 0 Å². The lowest BCUT2D eigenvalue weighted by atomic mass is 9.97. The number of Topliss-reactive ketones (excluding diaryl/α,β-unsaturated/α-hetero) is 1. The van der Waals surface area contributed by atoms with E-state index in [1.807, 2.05) is 26.8 Å². The minimum Gasteiger partial charge on any atom is -0.507 e. The first-order valence-corrected chi connectivity index (χ1v) is 10.1. The van der Waals surface area contributed by atoms with Gasteiger partial charge >= 0.3 is 0 Å². The van der Waals surface area contributed by atoms with E-state index in [1.165, 1.54) is 11.2 Å². The number of carbonyl (C=O) groups is 2. The number of anilines is 1. The van der Waals surface area contributed by atoms with Gasteiger partial charge in [-0.1, -0.05) is 12.1 Å². The number of rotatable bonds is 5. The molecule has 1 aliphatic heterocycles. The highest BCUT2D eigenvalue weighted by molar-refractivity contribution is 6.51. The van der Waals surface area contributed by atoms with E-state index < -0.39 is 17.7 Å². The molecule has 31 heavy (non-hydrogen) atoms. The molecule has 2 aromatic carbocycles. The molecule has 0 spiro atoms. The fourth-order valence-corrected chi connectivity index (χ4v) is 3.73. The predicted molar refractivity (Wildman–Crippen MR) is 117 cm³/mol. The summed E-state index contributed by atoms with van der Waals surface area (Å²) in [7, 11) is 0. The highest BCUT2D eigenvalue weighted by Gasteiger charge is 2.48. The maximum Gasteiger partial charge on any atom is 0.300 e. The molecule has 0 aliphatic carbocycles. The van der Waals surface area contributed by atoms with E-state index in [0.29, 0.717) is 29.4 Å². The normalized spacial score (nSPS) is 17.9. The van der Waals surface area contributed by atoms with Gasteiger partial charge in [-0.15, -0.1) is 0 Å². The number of ketones is 1. The average molecular weight is 417 g/mol. The molecule has 3 aromatic rings. The quantitative estimate of drug-likeness (QED) is 0.362. The summed E-state index contributed by atoms with van der Waals surface area (Å²) in [6.07, 6.45) is 1.48. The third-order valence-corrected chi connectivity index (χ3v) is 5.46. The Kier molecular flexibility index (Phi) is 5.38. The molecule has 2 heterocycles. The summed E-state index contributed by atoms with van der Waals surface area (Å²) in [6.45, 7) is 6.30. The molecule has 0 bridgehead atoms. The molecule has 0 saturated carbocycles. The van der Waals surface area contributed by atoms with Gasteiger partial charge in [0.05, 0.1) is 18.4 Å². The van der Waals surface area contributed by atoms with Gasteiger partial charge in [-0.3, -0.25) is 14.5 Å². The zero-order valence-corrected chi connectivity index (χ0v) is 17.6. The summed E-state index contributed by atoms with van der Waals surface area (Å²) in [5.74, 6) is -0.663. The molecule has 1 amide bonds. The third-order valence-electron chi connectivity index (χ3n) is 5.46. The lowest BCUT2D eigenvalue weighted by molar-refractivity contribution is -0.132. The van der Waals surface area contributed by atoms with Crippen LogP contribution in [0, 0.1) is 13.8 Å². The maximum absolute atomic E-state index is 13.1. The van der Waals surface area contributed by atoms with Gasteiger partial charge in [0.15, 0.2) is 0 Å². The van der Waals surface area contributed by atoms with E-state index in [-0.39, 0.29) is 11.3 Å². The van der Waals surface area contributed by atoms with Crippen LogP contribution in [0.4, 0.5) is 5.69 Å². The Labute approximate surface area is 180 Å². The van der Waals surface area contributed by atoms with Gasteiger partial charge in [0.1, 0.15) is 23.3 Å². The van der Waals surface area contributed by atoms with Crippen LogP contribution in [0.3, 0.4) is 0 Å². The highest BCUT2D eigenvalue weighted by Crippen LogP contribution is 2.42. The fourth-order valence-electron chi connectivity index (χ4n) is 3.73. The van der Waals surface area contributed by atoms with Crippen LogP contribution >= 0.6 is 0 Å². The van der Waals surface area contributed by atoms with Crippen molar-refractivity contribution < 1.29 is 23.8 Å². The smallest absolute Gasteiger partial charge is 0.300 e. The first-order valence-electron chi connectivity index (χ1n) is 10.1. The predicted octanol–water partition coefficient (Wildman–Crippen LogP) is 4.92. The highest BCUT2D eigenvalue weighted by atomic mass is 16.5. The largest absolute Gasteiger partial charge is 0.507 e. The topological polar surface area (TPSA) is 80.0 Å². The Balaban J connectivity index is 1.86. The number of hydrogen-bond acceptors (Lipinski definition) is 5. The second-order valence-electron chi connectivity index (χ2n) is 7.41. The number of furan rings is 1. The molecular formula is C25H23NO5. The van der Waals surface area contributed by atoms with Crippen molar-refractivity contribution in [3.8, 4) is 5.75 Å². The SMILES string of the molecule is CCOc1ccc(N2C(=O)C(=O)/C(=C(\O)c3ccc(C)c(C)c3)C2c2ccco2)cc1. The molecule has 1 N–H and O–H groups in total. The summed E-state index contributed by atoms with van der Waals surface area (Å²) in [6, 6.07) is 14.8. The van der Waals surface area contributed by atoms with Crippen molar-refractivity contribution in [3.63, 3.8) is 0 Å². The van der Waals surface area contributed by atoms with Crippen LogP contribution in [0.15, 0.2) is 70.9 Å². The molecule has 1 unspecified atom stereocenters. The van der Waals surface area contributed by atoms with E-state index >= 15 is 0 Å². The average Bonchev–Trinajstić information content (AvgIpc) is 3.38. The molecule has 1 aromatic heterocycles. The first-order chi connectivity index (χ1) is 14.9. The molecule has 6 heteroatoms. The number of aliphatic hydroxyl groups is 1. The first kappa shape index (κ1) is 20.5. The van der Waals surface area contributed by atoms with Crippen LogP contribution in [0.5, 0.6) is 5.75 Å². The minimum atomic E-state index is -0.880. The number of hydrogen-bond donors (Lipinski definition) is 1. The van der Waals surface area contributed by atoms with Gasteiger partial charge in [-0.25, -0.2) is 0 Å². The third kappa shape index (κ3) is 3.61. The van der Waals surface area contributed by atoms with Crippen LogP contribution in [0.25, 0.3) is 5.76 Å². The molecule has 1 fully saturated rings. The van der Waals surface area contributed by atoms with Crippen molar-refractivity contribution in [2.45, 2.75) is 26.8 Å². The second kappa shape index (κ2) is 8.14. The van der Waals surface area contributed by atoms with Gasteiger partial charge in [0.25, 0.3) is 11.7 Å². The summed E-state index contributed by atoms with van der Waals surface area (Å²) < 4.78 is 11.0. The Hall–Kier alpha value is -3.80. The number of benzene rings is 2. The summed E-state index contributed by atoms with van der Waals surface area (Å²) in [5.41, 5.74) is 3.01. The maximum atomic E-state index is 13.1. The van der Waals surface area contributed by atoms with Crippen LogP contribution in [-0.2, 0) is 9.59 Å². The van der Waals surface area contributed by atoms with Gasteiger partial charge in [-0.05, 0) is 74.4 Å². The van der Waals surface area contributed by atoms with Crippen LogP contribution < -0.4 is 9.64 Å². The zero-order chi connectivity index (χ0) is 22.1. The van der Waals surface area contributed by atoms with Crippen molar-refractivity contribution >= 4 is 23.1 Å². The molecule has 1 saturated heterocycles. The van der Waals surface area contributed by atoms with Gasteiger partial charge in [0, 0.05) is 11.3 Å². The summed E-state index contributed by atoms with van der Waals surface area (Å²) in [4.78, 5) is 27.5. The Morgan fingerprint density at radius 3 is 2.42 bits per heavy atom. The number of ether oxygens (including phenoxy) is 1. The lowest BCUT2D eigenvalue weighted by Crippen LogP contribution is -2.29. The van der Waals surface area contributed by atoms with E-state index in [0.717, 1.165) is 11.1 Å². The number of nitrogens with zero attached hydrogens (tertiary/aromatic N) is 1. The van der Waals surface area contributed by atoms with Crippen molar-refractivity contribution in [1.82, 2.24) is 0 Å². The monoisotopic (exact) mass is 417 g/mol. The molecule has 0 radical (unpaired) electrons. The van der Waals surface area contributed by atoms with Crippen LogP contribution in [0.1, 0.15) is 35.4 Å². The fraction of sp³-hybridized carbons (Fsp3) is 0.200. The molecule has 4 rings (SSSR count). The zero-order valence-electron chi connectivity index (χ0n) is 17.6. The summed E-state index contributed by atoms with van der Waals surface area (Å²) >= 11 is 0. The number of aliphatic hydroxyl groups excluding tert-OH is 1. The molecule has 1 aliphatic rings. The Morgan fingerprint density at radius 1 is 1.06 bits per heavy atom. The van der Waals surface area contributed by atoms with E-state index in [9.17, 15) is 14.7 Å². The number of amides is 1. The van der Waals surface area contributed by atoms with Crippen LogP contribution in [-0.4, -0.2) is 23.4 Å². The number of carbonyl (C=O) groups excluding carboxylic acids is 2. The van der Waals surface area contributed by atoms with Gasteiger partial charge < -0.3 is 14.3 Å². The minimum absolute atomic E-state index is 0.00270. The molecular weight excluding hydrogens is 394 g/mol. The van der Waals surface area contributed by atoms with Crippen LogP contribution in [0.2, 0.25) is 0 Å². The van der Waals surface area contributed by atoms with Crippen molar-refractivity contribution in [1.29, 1.82) is 0 Å². The molecule has 6 nitrogen and oxygen atoms in total. The Bertz CT molecular complexity index is 1160. The Morgan fingerprint density at radius 2 is 1.81 bits per heavy atom.